The Labute approximate surface area is 86.9 Å². The van der Waals surface area contributed by atoms with Crippen LogP contribution in [0.25, 0.3) is 0 Å². The number of rotatable bonds is 0. The smallest absolute Gasteiger partial charge is 0.166 e. The molecule has 74 valence electrons. The van der Waals surface area contributed by atoms with Crippen LogP contribution in [-0.2, 0) is 0 Å². The van der Waals surface area contributed by atoms with E-state index < -0.39 is 5.82 Å². The molecular weight excluding hydrogens is 203 g/mol. The van der Waals surface area contributed by atoms with Crippen molar-refractivity contribution >= 4 is 17.4 Å². The molecule has 0 aromatic heterocycles. The molecule has 2 rings (SSSR count). The van der Waals surface area contributed by atoms with Crippen LogP contribution in [0.3, 0.4) is 0 Å². The van der Waals surface area contributed by atoms with Crippen LogP contribution in [0.1, 0.15) is 41.6 Å². The van der Waals surface area contributed by atoms with Gasteiger partial charge in [0.2, 0.25) is 0 Å². The molecule has 0 heterocycles. The van der Waals surface area contributed by atoms with Gasteiger partial charge in [-0.2, -0.15) is 0 Å². The average Bonchev–Trinajstić information content (AvgIpc) is 2.10. The first-order valence-corrected chi connectivity index (χ1v) is 4.99. The lowest BCUT2D eigenvalue weighted by atomic mass is 9.83. The Morgan fingerprint density at radius 2 is 2.21 bits per heavy atom. The van der Waals surface area contributed by atoms with Gasteiger partial charge in [0.15, 0.2) is 5.78 Å². The first-order valence-electron chi connectivity index (χ1n) is 4.61. The molecule has 0 radical (unpaired) electrons. The van der Waals surface area contributed by atoms with Crippen molar-refractivity contribution in [2.75, 3.05) is 0 Å². The maximum atomic E-state index is 13.5. The summed E-state index contributed by atoms with van der Waals surface area (Å²) in [6, 6.07) is 2.90. The van der Waals surface area contributed by atoms with E-state index in [-0.39, 0.29) is 17.3 Å². The number of Topliss-reactive ketones (excluding diaryl/α,β-unsaturated/α-hetero) is 1. The molecule has 0 saturated heterocycles. The Balaban J connectivity index is 2.66. The highest BCUT2D eigenvalue weighted by Crippen LogP contribution is 2.34. The second-order valence-electron chi connectivity index (χ2n) is 3.71. The molecule has 0 saturated carbocycles. The van der Waals surface area contributed by atoms with Gasteiger partial charge in [-0.05, 0) is 30.0 Å². The van der Waals surface area contributed by atoms with Crippen LogP contribution < -0.4 is 0 Å². The number of carbonyl (C=O) groups excluding carboxylic acids is 1. The summed E-state index contributed by atoms with van der Waals surface area (Å²) >= 11 is 5.74. The highest BCUT2D eigenvalue weighted by Gasteiger charge is 2.26. The van der Waals surface area contributed by atoms with Gasteiger partial charge in [-0.1, -0.05) is 18.5 Å². The van der Waals surface area contributed by atoms with Crippen LogP contribution in [-0.4, -0.2) is 5.78 Å². The van der Waals surface area contributed by atoms with Crippen LogP contribution in [0.15, 0.2) is 12.1 Å². The largest absolute Gasteiger partial charge is 0.294 e. The van der Waals surface area contributed by atoms with E-state index in [0.29, 0.717) is 11.4 Å². The second-order valence-corrected chi connectivity index (χ2v) is 4.15. The first-order chi connectivity index (χ1) is 6.59. The predicted molar refractivity (Wildman–Crippen MR) is 53.4 cm³/mol. The fourth-order valence-electron chi connectivity index (χ4n) is 1.90. The van der Waals surface area contributed by atoms with E-state index in [4.69, 9.17) is 11.6 Å². The fourth-order valence-corrected chi connectivity index (χ4v) is 2.12. The first kappa shape index (κ1) is 9.66. The lowest BCUT2D eigenvalue weighted by molar-refractivity contribution is 0.0963. The lowest BCUT2D eigenvalue weighted by Crippen LogP contribution is -2.15. The van der Waals surface area contributed by atoms with Gasteiger partial charge >= 0.3 is 0 Å². The summed E-state index contributed by atoms with van der Waals surface area (Å²) in [6.45, 7) is 1.99. The molecule has 0 fully saturated rings. The van der Waals surface area contributed by atoms with Gasteiger partial charge in [0.1, 0.15) is 5.82 Å². The van der Waals surface area contributed by atoms with Crippen molar-refractivity contribution in [1.29, 1.82) is 0 Å². The van der Waals surface area contributed by atoms with Crippen LogP contribution in [0.2, 0.25) is 5.02 Å². The SMILES string of the molecule is CC1CCC(=O)c2c(F)cc(Cl)cc21. The molecule has 0 spiro atoms. The number of fused-ring (bicyclic) bond motifs is 1. The molecule has 0 amide bonds. The number of carbonyl (C=O) groups is 1. The van der Waals surface area contributed by atoms with Gasteiger partial charge in [-0.15, -0.1) is 0 Å². The molecule has 0 bridgehead atoms. The van der Waals surface area contributed by atoms with Crippen LogP contribution in [0, 0.1) is 5.82 Å². The van der Waals surface area contributed by atoms with E-state index in [2.05, 4.69) is 0 Å². The minimum Gasteiger partial charge on any atom is -0.294 e. The summed E-state index contributed by atoms with van der Waals surface area (Å²) in [7, 11) is 0. The van der Waals surface area contributed by atoms with Crippen LogP contribution >= 0.6 is 11.6 Å². The highest BCUT2D eigenvalue weighted by molar-refractivity contribution is 6.30. The molecule has 1 aliphatic carbocycles. The maximum Gasteiger partial charge on any atom is 0.166 e. The molecule has 1 unspecified atom stereocenters. The molecule has 1 atom stereocenters. The predicted octanol–water partition coefficient (Wildman–Crippen LogP) is 3.56. The molecule has 1 aromatic carbocycles. The Kier molecular flexibility index (Phi) is 2.31. The summed E-state index contributed by atoms with van der Waals surface area (Å²) in [4.78, 5) is 11.5. The summed E-state index contributed by atoms with van der Waals surface area (Å²) in [5, 5.41) is 0.364. The Morgan fingerprint density at radius 3 is 2.93 bits per heavy atom. The number of hydrogen-bond acceptors (Lipinski definition) is 1. The van der Waals surface area contributed by atoms with E-state index in [9.17, 15) is 9.18 Å². The molecule has 0 aliphatic heterocycles. The molecule has 1 nitrogen and oxygen atoms in total. The maximum absolute atomic E-state index is 13.5. The molecule has 1 aromatic rings. The van der Waals surface area contributed by atoms with E-state index in [1.165, 1.54) is 6.07 Å². The van der Waals surface area contributed by atoms with E-state index in [1.807, 2.05) is 6.92 Å². The normalized spacial score (nSPS) is 20.8. The topological polar surface area (TPSA) is 17.1 Å². The van der Waals surface area contributed by atoms with Crippen LogP contribution in [0.5, 0.6) is 0 Å². The molecular formula is C11H10ClFO. The lowest BCUT2D eigenvalue weighted by Gasteiger charge is -2.21. The zero-order valence-corrected chi connectivity index (χ0v) is 8.57. The van der Waals surface area contributed by atoms with Gasteiger partial charge in [-0.25, -0.2) is 4.39 Å². The quantitative estimate of drug-likeness (QED) is 0.643. The van der Waals surface area contributed by atoms with Crippen molar-refractivity contribution in [2.24, 2.45) is 0 Å². The average molecular weight is 213 g/mol. The molecule has 3 heteroatoms. The van der Waals surface area contributed by atoms with Gasteiger partial charge in [-0.3, -0.25) is 4.79 Å². The van der Waals surface area contributed by atoms with Gasteiger partial charge < -0.3 is 0 Å². The Bertz CT molecular complexity index is 401. The van der Waals surface area contributed by atoms with Gasteiger partial charge in [0.05, 0.1) is 5.56 Å². The summed E-state index contributed by atoms with van der Waals surface area (Å²) < 4.78 is 13.5. The highest BCUT2D eigenvalue weighted by atomic mass is 35.5. The van der Waals surface area contributed by atoms with E-state index in [1.54, 1.807) is 6.07 Å². The van der Waals surface area contributed by atoms with Crippen molar-refractivity contribution in [3.8, 4) is 0 Å². The van der Waals surface area contributed by atoms with E-state index >= 15 is 0 Å². The minimum atomic E-state index is -0.482. The van der Waals surface area contributed by atoms with E-state index in [0.717, 1.165) is 12.0 Å². The zero-order valence-electron chi connectivity index (χ0n) is 7.81. The number of benzene rings is 1. The molecule has 14 heavy (non-hydrogen) atoms. The Hall–Kier alpha value is -0.890. The molecule has 0 N–H and O–H groups in total. The minimum absolute atomic E-state index is 0.104. The van der Waals surface area contributed by atoms with Crippen molar-refractivity contribution in [3.05, 3.63) is 34.1 Å². The summed E-state index contributed by atoms with van der Waals surface area (Å²) in [6.07, 6.45) is 1.22. The third kappa shape index (κ3) is 1.44. The summed E-state index contributed by atoms with van der Waals surface area (Å²) in [5.41, 5.74) is 0.999. The third-order valence-electron chi connectivity index (χ3n) is 2.70. The number of hydrogen-bond donors (Lipinski definition) is 0. The third-order valence-corrected chi connectivity index (χ3v) is 2.92. The van der Waals surface area contributed by atoms with Crippen molar-refractivity contribution in [2.45, 2.75) is 25.7 Å². The number of ketones is 1. The van der Waals surface area contributed by atoms with Gasteiger partial charge in [0.25, 0.3) is 0 Å². The zero-order chi connectivity index (χ0) is 10.3. The fraction of sp³-hybridized carbons (Fsp3) is 0.364. The monoisotopic (exact) mass is 212 g/mol. The number of halogens is 2. The molecule has 1 aliphatic rings. The van der Waals surface area contributed by atoms with Crippen molar-refractivity contribution in [3.63, 3.8) is 0 Å². The van der Waals surface area contributed by atoms with Crippen molar-refractivity contribution in [1.82, 2.24) is 0 Å². The van der Waals surface area contributed by atoms with Crippen molar-refractivity contribution < 1.29 is 9.18 Å². The van der Waals surface area contributed by atoms with Gasteiger partial charge in [0, 0.05) is 11.4 Å². The summed E-state index contributed by atoms with van der Waals surface area (Å²) in [5.74, 6) is -0.368. The standard InChI is InChI=1S/C11H10ClFO/c1-6-2-3-10(14)11-8(6)4-7(12)5-9(11)13/h4-6H,2-3H2,1H3. The van der Waals surface area contributed by atoms with Crippen LogP contribution in [0.4, 0.5) is 4.39 Å². The Morgan fingerprint density at radius 1 is 1.50 bits per heavy atom. The second kappa shape index (κ2) is 3.35.